The zero-order valence-corrected chi connectivity index (χ0v) is 10.2. The summed E-state index contributed by atoms with van der Waals surface area (Å²) in [5, 5.41) is 6.20. The Morgan fingerprint density at radius 1 is 1.47 bits per heavy atom. The highest BCUT2D eigenvalue weighted by Gasteiger charge is 2.00. The molecule has 0 saturated carbocycles. The molecule has 2 aromatic rings. The number of nitrogens with one attached hydrogen (secondary N) is 1. The molecule has 6 heteroatoms. The van der Waals surface area contributed by atoms with Crippen molar-refractivity contribution >= 4 is 17.7 Å². The zero-order valence-electron chi connectivity index (χ0n) is 10.2. The molecule has 1 heterocycles. The molecule has 0 saturated heterocycles. The van der Waals surface area contributed by atoms with E-state index in [0.717, 1.165) is 5.56 Å². The number of aromatic nitrogens is 2. The van der Waals surface area contributed by atoms with Gasteiger partial charge in [0.25, 0.3) is 0 Å². The minimum Gasteiger partial charge on any atom is -0.399 e. The Hall–Kier alpha value is -2.63. The first kappa shape index (κ1) is 12.8. The second-order valence-corrected chi connectivity index (χ2v) is 3.88. The molecule has 1 aromatic heterocycles. The highest BCUT2D eigenvalue weighted by molar-refractivity contribution is 5.91. The molecule has 0 spiro atoms. The number of hydrogen-bond donors (Lipinski definition) is 2. The predicted octanol–water partition coefficient (Wildman–Crippen LogP) is 1.02. The highest BCUT2D eigenvalue weighted by atomic mass is 16.5. The third kappa shape index (κ3) is 4.27. The molecule has 2 rings (SSSR count). The summed E-state index contributed by atoms with van der Waals surface area (Å²) in [6.07, 6.45) is 5.01. The van der Waals surface area contributed by atoms with Crippen LogP contribution in [0.2, 0.25) is 0 Å². The fourth-order valence-electron chi connectivity index (χ4n) is 1.49. The van der Waals surface area contributed by atoms with Gasteiger partial charge in [0, 0.05) is 24.7 Å². The Labute approximate surface area is 110 Å². The van der Waals surface area contributed by atoms with Crippen molar-refractivity contribution < 1.29 is 9.32 Å². The van der Waals surface area contributed by atoms with Crippen LogP contribution in [-0.2, 0) is 11.2 Å². The van der Waals surface area contributed by atoms with E-state index < -0.39 is 0 Å². The Morgan fingerprint density at radius 3 is 3.11 bits per heavy atom. The molecule has 0 aliphatic heterocycles. The second-order valence-electron chi connectivity index (χ2n) is 3.88. The van der Waals surface area contributed by atoms with Gasteiger partial charge in [0.05, 0.1) is 0 Å². The van der Waals surface area contributed by atoms with Gasteiger partial charge in [-0.25, -0.2) is 0 Å². The van der Waals surface area contributed by atoms with Gasteiger partial charge < -0.3 is 15.6 Å². The summed E-state index contributed by atoms with van der Waals surface area (Å²) in [6, 6.07) is 7.30. The minimum absolute atomic E-state index is 0.179. The standard InChI is InChI=1S/C13H14N4O2/c14-11-3-1-2-10(8-11)4-5-12(18)15-7-6-13-16-9-17-19-13/h1-5,8-9H,6-7,14H2,(H,15,18)/b5-4+. The number of anilines is 1. The largest absolute Gasteiger partial charge is 0.399 e. The molecule has 0 aliphatic carbocycles. The van der Waals surface area contributed by atoms with Gasteiger partial charge in [-0.2, -0.15) is 4.98 Å². The van der Waals surface area contributed by atoms with Gasteiger partial charge in [-0.1, -0.05) is 17.3 Å². The van der Waals surface area contributed by atoms with Crippen LogP contribution in [0.4, 0.5) is 5.69 Å². The van der Waals surface area contributed by atoms with E-state index >= 15 is 0 Å². The summed E-state index contributed by atoms with van der Waals surface area (Å²) in [5.41, 5.74) is 7.19. The molecule has 0 atom stereocenters. The maximum absolute atomic E-state index is 11.5. The Morgan fingerprint density at radius 2 is 2.37 bits per heavy atom. The average molecular weight is 258 g/mol. The molecule has 0 unspecified atom stereocenters. The Kier molecular flexibility index (Phi) is 4.28. The third-order valence-electron chi connectivity index (χ3n) is 2.38. The average Bonchev–Trinajstić information content (AvgIpc) is 2.90. The van der Waals surface area contributed by atoms with Gasteiger partial charge in [-0.3, -0.25) is 4.79 Å². The van der Waals surface area contributed by atoms with Crippen LogP contribution in [0.3, 0.4) is 0 Å². The Balaban J connectivity index is 1.78. The normalized spacial score (nSPS) is 10.7. The van der Waals surface area contributed by atoms with Crippen LogP contribution in [0.1, 0.15) is 11.5 Å². The van der Waals surface area contributed by atoms with E-state index in [-0.39, 0.29) is 5.91 Å². The first-order valence-electron chi connectivity index (χ1n) is 5.81. The van der Waals surface area contributed by atoms with Crippen LogP contribution < -0.4 is 11.1 Å². The van der Waals surface area contributed by atoms with Crippen molar-refractivity contribution in [3.05, 3.63) is 48.1 Å². The zero-order chi connectivity index (χ0) is 13.5. The maximum atomic E-state index is 11.5. The number of carbonyl (C=O) groups is 1. The molecular weight excluding hydrogens is 244 g/mol. The van der Waals surface area contributed by atoms with Crippen molar-refractivity contribution in [1.82, 2.24) is 15.5 Å². The molecule has 0 radical (unpaired) electrons. The number of nitrogens with zero attached hydrogens (tertiary/aromatic N) is 2. The molecule has 0 aliphatic rings. The first-order valence-corrected chi connectivity index (χ1v) is 5.81. The number of amides is 1. The predicted molar refractivity (Wildman–Crippen MR) is 70.9 cm³/mol. The van der Waals surface area contributed by atoms with Gasteiger partial charge in [-0.05, 0) is 23.8 Å². The van der Waals surface area contributed by atoms with E-state index in [1.54, 1.807) is 18.2 Å². The molecule has 0 fully saturated rings. The molecular formula is C13H14N4O2. The van der Waals surface area contributed by atoms with Crippen LogP contribution in [0, 0.1) is 0 Å². The van der Waals surface area contributed by atoms with Gasteiger partial charge in [-0.15, -0.1) is 0 Å². The molecule has 6 nitrogen and oxygen atoms in total. The van der Waals surface area contributed by atoms with Crippen molar-refractivity contribution in [2.45, 2.75) is 6.42 Å². The van der Waals surface area contributed by atoms with Crippen LogP contribution in [0.5, 0.6) is 0 Å². The van der Waals surface area contributed by atoms with E-state index in [1.165, 1.54) is 12.4 Å². The summed E-state index contributed by atoms with van der Waals surface area (Å²) in [4.78, 5) is 15.4. The molecule has 98 valence electrons. The van der Waals surface area contributed by atoms with Gasteiger partial charge in [0.15, 0.2) is 6.33 Å². The van der Waals surface area contributed by atoms with E-state index in [9.17, 15) is 4.79 Å². The van der Waals surface area contributed by atoms with Gasteiger partial charge in [0.2, 0.25) is 11.8 Å². The fraction of sp³-hybridized carbons (Fsp3) is 0.154. The SMILES string of the molecule is Nc1cccc(/C=C/C(=O)NCCc2ncno2)c1. The summed E-state index contributed by atoms with van der Waals surface area (Å²) < 4.78 is 4.81. The van der Waals surface area contributed by atoms with Crippen molar-refractivity contribution in [3.8, 4) is 0 Å². The number of hydrogen-bond acceptors (Lipinski definition) is 5. The lowest BCUT2D eigenvalue weighted by Crippen LogP contribution is -2.23. The lowest BCUT2D eigenvalue weighted by molar-refractivity contribution is -0.116. The summed E-state index contributed by atoms with van der Waals surface area (Å²) >= 11 is 0. The van der Waals surface area contributed by atoms with Crippen molar-refractivity contribution in [2.75, 3.05) is 12.3 Å². The fourth-order valence-corrected chi connectivity index (χ4v) is 1.49. The molecule has 3 N–H and O–H groups in total. The quantitative estimate of drug-likeness (QED) is 0.617. The molecule has 19 heavy (non-hydrogen) atoms. The third-order valence-corrected chi connectivity index (χ3v) is 2.38. The minimum atomic E-state index is -0.179. The molecule has 0 bridgehead atoms. The smallest absolute Gasteiger partial charge is 0.244 e. The number of carbonyl (C=O) groups excluding carboxylic acids is 1. The Bertz CT molecular complexity index is 564. The molecule has 1 aromatic carbocycles. The maximum Gasteiger partial charge on any atom is 0.244 e. The monoisotopic (exact) mass is 258 g/mol. The number of nitrogens with two attached hydrogens (primary N) is 1. The van der Waals surface area contributed by atoms with Gasteiger partial charge in [0.1, 0.15) is 0 Å². The van der Waals surface area contributed by atoms with Gasteiger partial charge >= 0.3 is 0 Å². The lowest BCUT2D eigenvalue weighted by atomic mass is 10.2. The summed E-state index contributed by atoms with van der Waals surface area (Å²) in [5.74, 6) is 0.321. The van der Waals surface area contributed by atoms with E-state index in [2.05, 4.69) is 15.5 Å². The number of benzene rings is 1. The number of rotatable bonds is 5. The van der Waals surface area contributed by atoms with Crippen molar-refractivity contribution in [3.63, 3.8) is 0 Å². The van der Waals surface area contributed by atoms with Crippen molar-refractivity contribution in [2.24, 2.45) is 0 Å². The molecule has 1 amide bonds. The highest BCUT2D eigenvalue weighted by Crippen LogP contribution is 2.07. The van der Waals surface area contributed by atoms with Crippen molar-refractivity contribution in [1.29, 1.82) is 0 Å². The summed E-state index contributed by atoms with van der Waals surface area (Å²) in [7, 11) is 0. The lowest BCUT2D eigenvalue weighted by Gasteiger charge is -1.99. The first-order chi connectivity index (χ1) is 9.24. The number of nitrogen functional groups attached to an aromatic ring is 1. The van der Waals surface area contributed by atoms with E-state index in [0.29, 0.717) is 24.5 Å². The topological polar surface area (TPSA) is 94.0 Å². The second kappa shape index (κ2) is 6.34. The van der Waals surface area contributed by atoms with Crippen LogP contribution in [0.25, 0.3) is 6.08 Å². The van der Waals surface area contributed by atoms with E-state index in [1.807, 2.05) is 12.1 Å². The van der Waals surface area contributed by atoms with E-state index in [4.69, 9.17) is 10.3 Å². The summed E-state index contributed by atoms with van der Waals surface area (Å²) in [6.45, 7) is 0.447. The van der Waals surface area contributed by atoms with Crippen LogP contribution in [0.15, 0.2) is 41.2 Å². The van der Waals surface area contributed by atoms with Crippen LogP contribution >= 0.6 is 0 Å². The van der Waals surface area contributed by atoms with Crippen LogP contribution in [-0.4, -0.2) is 22.6 Å².